The van der Waals surface area contributed by atoms with Crippen molar-refractivity contribution in [2.75, 3.05) is 19.7 Å². The van der Waals surface area contributed by atoms with Crippen molar-refractivity contribution in [3.05, 3.63) is 60.3 Å². The van der Waals surface area contributed by atoms with E-state index in [4.69, 9.17) is 9.47 Å². The Balaban J connectivity index is 1.56. The van der Waals surface area contributed by atoms with Crippen molar-refractivity contribution in [1.82, 2.24) is 14.9 Å². The molecule has 4 rings (SSSR count). The molecule has 30 heavy (non-hydrogen) atoms. The van der Waals surface area contributed by atoms with Crippen LogP contribution in [-0.4, -0.2) is 58.6 Å². The minimum Gasteiger partial charge on any atom is -0.452 e. The number of amides is 1. The second-order valence-corrected chi connectivity index (χ2v) is 7.42. The fourth-order valence-corrected chi connectivity index (χ4v) is 3.67. The average Bonchev–Trinajstić information content (AvgIpc) is 2.76. The first-order chi connectivity index (χ1) is 14.5. The van der Waals surface area contributed by atoms with Gasteiger partial charge in [0, 0.05) is 24.7 Å². The molecule has 2 atom stereocenters. The number of hydrogen-bond acceptors (Lipinski definition) is 6. The highest BCUT2D eigenvalue weighted by atomic mass is 16.5. The number of para-hydroxylation sites is 1. The smallest absolute Gasteiger partial charge is 0.339 e. The van der Waals surface area contributed by atoms with Crippen LogP contribution in [0.15, 0.2) is 54.7 Å². The topological polar surface area (TPSA) is 81.6 Å². The summed E-state index contributed by atoms with van der Waals surface area (Å²) in [7, 11) is 0. The van der Waals surface area contributed by atoms with Crippen LogP contribution in [0.25, 0.3) is 22.3 Å². The van der Waals surface area contributed by atoms with E-state index in [2.05, 4.69) is 9.97 Å². The van der Waals surface area contributed by atoms with Crippen LogP contribution >= 0.6 is 0 Å². The van der Waals surface area contributed by atoms with Gasteiger partial charge in [0.15, 0.2) is 6.61 Å². The van der Waals surface area contributed by atoms with Crippen molar-refractivity contribution in [2.45, 2.75) is 26.1 Å². The van der Waals surface area contributed by atoms with E-state index < -0.39 is 5.97 Å². The molecule has 1 aliphatic rings. The molecule has 2 aromatic heterocycles. The van der Waals surface area contributed by atoms with Crippen LogP contribution in [0.2, 0.25) is 0 Å². The molecule has 154 valence electrons. The van der Waals surface area contributed by atoms with E-state index >= 15 is 0 Å². The minimum absolute atomic E-state index is 0.0431. The maximum Gasteiger partial charge on any atom is 0.339 e. The van der Waals surface area contributed by atoms with Gasteiger partial charge in [0.1, 0.15) is 0 Å². The predicted octanol–water partition coefficient (Wildman–Crippen LogP) is 3.09. The second kappa shape index (κ2) is 8.59. The van der Waals surface area contributed by atoms with Crippen molar-refractivity contribution in [3.8, 4) is 11.4 Å². The maximum absolute atomic E-state index is 12.9. The van der Waals surface area contributed by atoms with E-state index in [0.29, 0.717) is 40.9 Å². The van der Waals surface area contributed by atoms with Crippen molar-refractivity contribution < 1.29 is 19.1 Å². The lowest BCUT2D eigenvalue weighted by Gasteiger charge is -2.35. The summed E-state index contributed by atoms with van der Waals surface area (Å²) in [5, 5.41) is 0.670. The van der Waals surface area contributed by atoms with E-state index in [9.17, 15) is 9.59 Å². The molecule has 1 aromatic carbocycles. The van der Waals surface area contributed by atoms with Crippen LogP contribution in [0, 0.1) is 0 Å². The van der Waals surface area contributed by atoms with Crippen LogP contribution in [0.1, 0.15) is 24.2 Å². The normalized spacial score (nSPS) is 18.9. The Kier molecular flexibility index (Phi) is 5.72. The second-order valence-electron chi connectivity index (χ2n) is 7.42. The largest absolute Gasteiger partial charge is 0.452 e. The van der Waals surface area contributed by atoms with E-state index in [0.717, 1.165) is 0 Å². The molecule has 3 heterocycles. The Morgan fingerprint density at radius 3 is 2.53 bits per heavy atom. The van der Waals surface area contributed by atoms with Crippen molar-refractivity contribution >= 4 is 22.8 Å². The molecule has 7 nitrogen and oxygen atoms in total. The number of esters is 1. The van der Waals surface area contributed by atoms with E-state index in [1.807, 2.05) is 56.3 Å². The maximum atomic E-state index is 12.9. The molecule has 2 unspecified atom stereocenters. The fourth-order valence-electron chi connectivity index (χ4n) is 3.67. The molecule has 7 heteroatoms. The number of pyridine rings is 2. The zero-order chi connectivity index (χ0) is 21.1. The molecule has 1 saturated heterocycles. The highest BCUT2D eigenvalue weighted by Gasteiger charge is 2.27. The Hall–Kier alpha value is -3.32. The van der Waals surface area contributed by atoms with Gasteiger partial charge in [0.2, 0.25) is 0 Å². The third-order valence-electron chi connectivity index (χ3n) is 4.96. The number of morpholine rings is 1. The number of benzene rings is 1. The summed E-state index contributed by atoms with van der Waals surface area (Å²) in [5.41, 5.74) is 2.25. The number of hydrogen-bond donors (Lipinski definition) is 0. The average molecular weight is 405 g/mol. The van der Waals surface area contributed by atoms with E-state index in [-0.39, 0.29) is 24.7 Å². The van der Waals surface area contributed by atoms with Gasteiger partial charge < -0.3 is 14.4 Å². The molecule has 0 aliphatic carbocycles. The number of carbonyl (C=O) groups excluding carboxylic acids is 2. The molecule has 3 aromatic rings. The van der Waals surface area contributed by atoms with E-state index in [1.54, 1.807) is 17.2 Å². The SMILES string of the molecule is CC1CN(C(=O)COC(=O)c2cc(-c3ccccn3)nc3ccccc23)CC(C)O1. The molecule has 0 spiro atoms. The summed E-state index contributed by atoms with van der Waals surface area (Å²) in [6.07, 6.45) is 1.59. The number of ether oxygens (including phenoxy) is 2. The van der Waals surface area contributed by atoms with Gasteiger partial charge in [-0.2, -0.15) is 0 Å². The molecule has 0 N–H and O–H groups in total. The zero-order valence-electron chi connectivity index (χ0n) is 16.9. The molecule has 1 fully saturated rings. The Labute approximate surface area is 174 Å². The summed E-state index contributed by atoms with van der Waals surface area (Å²) < 4.78 is 11.0. The van der Waals surface area contributed by atoms with Crippen molar-refractivity contribution in [1.29, 1.82) is 0 Å². The highest BCUT2D eigenvalue weighted by Crippen LogP contribution is 2.24. The van der Waals surface area contributed by atoms with Crippen molar-refractivity contribution in [3.63, 3.8) is 0 Å². The quantitative estimate of drug-likeness (QED) is 0.621. The first-order valence-electron chi connectivity index (χ1n) is 9.93. The third kappa shape index (κ3) is 4.31. The number of nitrogens with zero attached hydrogens (tertiary/aromatic N) is 3. The summed E-state index contributed by atoms with van der Waals surface area (Å²) >= 11 is 0. The molecule has 1 aliphatic heterocycles. The lowest BCUT2D eigenvalue weighted by molar-refractivity contribution is -0.146. The lowest BCUT2D eigenvalue weighted by Crippen LogP contribution is -2.49. The number of aromatic nitrogens is 2. The minimum atomic E-state index is -0.562. The van der Waals surface area contributed by atoms with Gasteiger partial charge in [0.05, 0.1) is 34.7 Å². The number of fused-ring (bicyclic) bond motifs is 1. The van der Waals surface area contributed by atoms with E-state index in [1.165, 1.54) is 0 Å². The van der Waals surface area contributed by atoms with Gasteiger partial charge >= 0.3 is 5.97 Å². The van der Waals surface area contributed by atoms with Crippen LogP contribution in [-0.2, 0) is 14.3 Å². The van der Waals surface area contributed by atoms with Gasteiger partial charge in [-0.15, -0.1) is 0 Å². The van der Waals surface area contributed by atoms with Gasteiger partial charge in [-0.1, -0.05) is 24.3 Å². The molecule has 0 saturated carbocycles. The Morgan fingerprint density at radius 1 is 1.07 bits per heavy atom. The molecular weight excluding hydrogens is 382 g/mol. The Bertz CT molecular complexity index is 1060. The van der Waals surface area contributed by atoms with Gasteiger partial charge in [-0.3, -0.25) is 9.78 Å². The van der Waals surface area contributed by atoms with Crippen LogP contribution < -0.4 is 0 Å². The number of rotatable bonds is 4. The van der Waals surface area contributed by atoms with Gasteiger partial charge in [-0.25, -0.2) is 9.78 Å². The lowest BCUT2D eigenvalue weighted by atomic mass is 10.1. The summed E-state index contributed by atoms with van der Waals surface area (Å²) in [4.78, 5) is 36.0. The standard InChI is InChI=1S/C23H23N3O4/c1-15-12-26(13-16(2)30-15)22(27)14-29-23(28)18-11-21(20-9-5-6-10-24-20)25-19-8-4-3-7-17(18)19/h3-11,15-16H,12-14H2,1-2H3. The molecular formula is C23H23N3O4. The van der Waals surface area contributed by atoms with Gasteiger partial charge in [-0.05, 0) is 38.1 Å². The fraction of sp³-hybridized carbons (Fsp3) is 0.304. The molecule has 0 radical (unpaired) electrons. The summed E-state index contributed by atoms with van der Waals surface area (Å²) in [6.45, 7) is 4.51. The monoisotopic (exact) mass is 405 g/mol. The molecule has 0 bridgehead atoms. The van der Waals surface area contributed by atoms with Crippen LogP contribution in [0.4, 0.5) is 0 Å². The first kappa shape index (κ1) is 20.0. The van der Waals surface area contributed by atoms with Crippen LogP contribution in [0.5, 0.6) is 0 Å². The predicted molar refractivity (Wildman–Crippen MR) is 112 cm³/mol. The summed E-state index contributed by atoms with van der Waals surface area (Å²) in [5.74, 6) is -0.790. The number of carbonyl (C=O) groups is 2. The van der Waals surface area contributed by atoms with Crippen molar-refractivity contribution in [2.24, 2.45) is 0 Å². The first-order valence-corrected chi connectivity index (χ1v) is 9.93. The van der Waals surface area contributed by atoms with Gasteiger partial charge in [0.25, 0.3) is 5.91 Å². The molecule has 1 amide bonds. The summed E-state index contributed by atoms with van der Waals surface area (Å²) in [6, 6.07) is 14.5. The zero-order valence-corrected chi connectivity index (χ0v) is 16.9. The van der Waals surface area contributed by atoms with Crippen LogP contribution in [0.3, 0.4) is 0 Å². The Morgan fingerprint density at radius 2 is 1.80 bits per heavy atom. The highest BCUT2D eigenvalue weighted by molar-refractivity contribution is 6.05. The third-order valence-corrected chi connectivity index (χ3v) is 4.96.